The highest BCUT2D eigenvalue weighted by atomic mass is 32.3. The van der Waals surface area contributed by atoms with Gasteiger partial charge in [0.25, 0.3) is 0 Å². The molecule has 0 saturated heterocycles. The number of hydrogen-bond acceptors (Lipinski definition) is 1. The molecule has 1 aliphatic heterocycles. The molecular weight excluding hydrogens is 214 g/mol. The maximum absolute atomic E-state index is 3.52. The highest BCUT2D eigenvalue weighted by molar-refractivity contribution is 8.33. The van der Waals surface area contributed by atoms with Gasteiger partial charge >= 0.3 is 0 Å². The van der Waals surface area contributed by atoms with E-state index < -0.39 is 10.0 Å². The number of nitrogens with one attached hydrogen (secondary N) is 1. The third-order valence-corrected chi connectivity index (χ3v) is 6.05. The first-order valence-corrected chi connectivity index (χ1v) is 7.83. The Bertz CT molecular complexity index is 498. The van der Waals surface area contributed by atoms with Gasteiger partial charge in [0.2, 0.25) is 0 Å². The number of hydrogen-bond donors (Lipinski definition) is 1. The number of para-hydroxylation sites is 2. The fourth-order valence-electron chi connectivity index (χ4n) is 2.29. The maximum Gasteiger partial charge on any atom is 0.0510 e. The molecule has 0 radical (unpaired) electrons. The quantitative estimate of drug-likeness (QED) is 0.713. The van der Waals surface area contributed by atoms with Crippen molar-refractivity contribution in [2.24, 2.45) is 0 Å². The summed E-state index contributed by atoms with van der Waals surface area (Å²) in [6.45, 7) is 0. The highest BCUT2D eigenvalue weighted by Gasteiger charge is 2.27. The second-order valence-corrected chi connectivity index (χ2v) is 7.98. The number of rotatable bonds is 0. The Morgan fingerprint density at radius 1 is 0.750 bits per heavy atom. The Labute approximate surface area is 97.8 Å². The average Bonchev–Trinajstić information content (AvgIpc) is 2.29. The van der Waals surface area contributed by atoms with Gasteiger partial charge in [-0.05, 0) is 36.8 Å². The van der Waals surface area contributed by atoms with E-state index in [1.165, 1.54) is 21.2 Å². The molecule has 2 aromatic carbocycles. The lowest BCUT2D eigenvalue weighted by Gasteiger charge is -2.39. The Morgan fingerprint density at radius 2 is 1.19 bits per heavy atom. The van der Waals surface area contributed by atoms with Gasteiger partial charge in [-0.15, -0.1) is 0 Å². The normalized spacial score (nSPS) is 17.9. The molecule has 0 aliphatic carbocycles. The zero-order valence-corrected chi connectivity index (χ0v) is 10.3. The minimum atomic E-state index is -0.864. The van der Waals surface area contributed by atoms with Gasteiger partial charge in [-0.3, -0.25) is 0 Å². The fraction of sp³-hybridized carbons (Fsp3) is 0.143. The molecule has 3 rings (SSSR count). The molecule has 2 heteroatoms. The monoisotopic (exact) mass is 229 g/mol. The molecule has 1 heterocycles. The summed E-state index contributed by atoms with van der Waals surface area (Å²) in [5.41, 5.74) is 2.53. The van der Waals surface area contributed by atoms with E-state index in [0.717, 1.165) is 0 Å². The third-order valence-electron chi connectivity index (χ3n) is 3.14. The second-order valence-electron chi connectivity index (χ2n) is 4.44. The lowest BCUT2D eigenvalue weighted by atomic mass is 10.2. The molecule has 82 valence electrons. The minimum Gasteiger partial charge on any atom is -0.354 e. The molecule has 0 aromatic heterocycles. The zero-order valence-electron chi connectivity index (χ0n) is 9.53. The summed E-state index contributed by atoms with van der Waals surface area (Å²) >= 11 is 0. The van der Waals surface area contributed by atoms with Crippen LogP contribution in [0, 0.1) is 0 Å². The van der Waals surface area contributed by atoms with Crippen molar-refractivity contribution in [1.29, 1.82) is 0 Å². The van der Waals surface area contributed by atoms with Crippen LogP contribution in [0.2, 0.25) is 0 Å². The van der Waals surface area contributed by atoms with Gasteiger partial charge in [0.05, 0.1) is 11.4 Å². The van der Waals surface area contributed by atoms with Crippen molar-refractivity contribution in [3.8, 4) is 0 Å². The molecule has 0 fully saturated rings. The van der Waals surface area contributed by atoms with E-state index >= 15 is 0 Å². The van der Waals surface area contributed by atoms with Gasteiger partial charge in [0.1, 0.15) is 0 Å². The van der Waals surface area contributed by atoms with Crippen molar-refractivity contribution < 1.29 is 0 Å². The van der Waals surface area contributed by atoms with E-state index in [4.69, 9.17) is 0 Å². The van der Waals surface area contributed by atoms with Gasteiger partial charge in [-0.25, -0.2) is 0 Å². The SMILES string of the molecule is CS1(C)c2ccccc2Nc2ccccc21. The zero-order chi connectivity index (χ0) is 11.2. The first-order valence-electron chi connectivity index (χ1n) is 5.38. The summed E-state index contributed by atoms with van der Waals surface area (Å²) in [5, 5.41) is 3.52. The molecule has 2 aromatic rings. The molecule has 0 unspecified atom stereocenters. The molecule has 0 amide bonds. The Balaban J connectivity index is 2.28. The standard InChI is InChI=1S/C14H15NS/c1-16(2)13-9-5-3-7-11(13)15-12-8-4-6-10-14(12)16/h3-10,15H,1-2H3. The summed E-state index contributed by atoms with van der Waals surface area (Å²) in [4.78, 5) is 2.90. The van der Waals surface area contributed by atoms with Gasteiger partial charge in [0.15, 0.2) is 0 Å². The third kappa shape index (κ3) is 1.26. The number of fused-ring (bicyclic) bond motifs is 2. The van der Waals surface area contributed by atoms with Crippen molar-refractivity contribution in [2.45, 2.75) is 9.79 Å². The number of anilines is 2. The first-order chi connectivity index (χ1) is 7.69. The summed E-state index contributed by atoms with van der Waals surface area (Å²) < 4.78 is 0. The van der Waals surface area contributed by atoms with Crippen molar-refractivity contribution in [3.63, 3.8) is 0 Å². The first kappa shape index (κ1) is 9.79. The van der Waals surface area contributed by atoms with Gasteiger partial charge in [-0.2, -0.15) is 10.0 Å². The lowest BCUT2D eigenvalue weighted by molar-refractivity contribution is 1.28. The Hall–Kier alpha value is -1.41. The van der Waals surface area contributed by atoms with E-state index in [9.17, 15) is 0 Å². The molecule has 1 aliphatic rings. The summed E-state index contributed by atoms with van der Waals surface area (Å²) in [6, 6.07) is 17.3. The van der Waals surface area contributed by atoms with E-state index in [1.807, 2.05) is 0 Å². The number of benzene rings is 2. The molecule has 0 spiro atoms. The van der Waals surface area contributed by atoms with Gasteiger partial charge in [0, 0.05) is 9.79 Å². The van der Waals surface area contributed by atoms with Crippen molar-refractivity contribution in [2.75, 3.05) is 17.8 Å². The molecule has 0 atom stereocenters. The van der Waals surface area contributed by atoms with E-state index in [1.54, 1.807) is 0 Å². The molecule has 0 bridgehead atoms. The van der Waals surface area contributed by atoms with Crippen LogP contribution < -0.4 is 5.32 Å². The molecular formula is C14H15NS. The van der Waals surface area contributed by atoms with Crippen LogP contribution in [0.15, 0.2) is 58.3 Å². The van der Waals surface area contributed by atoms with Crippen LogP contribution in [-0.4, -0.2) is 12.5 Å². The van der Waals surface area contributed by atoms with E-state index in [0.29, 0.717) is 0 Å². The van der Waals surface area contributed by atoms with Gasteiger partial charge in [-0.1, -0.05) is 24.3 Å². The molecule has 16 heavy (non-hydrogen) atoms. The topological polar surface area (TPSA) is 12.0 Å². The molecule has 1 N–H and O–H groups in total. The van der Waals surface area contributed by atoms with Crippen LogP contribution in [-0.2, 0) is 0 Å². The average molecular weight is 229 g/mol. The fourth-order valence-corrected chi connectivity index (χ4v) is 4.71. The highest BCUT2D eigenvalue weighted by Crippen LogP contribution is 2.64. The van der Waals surface area contributed by atoms with Crippen molar-refractivity contribution >= 4 is 21.4 Å². The predicted molar refractivity (Wildman–Crippen MR) is 72.1 cm³/mol. The lowest BCUT2D eigenvalue weighted by Crippen LogP contribution is -2.09. The Morgan fingerprint density at radius 3 is 1.69 bits per heavy atom. The van der Waals surface area contributed by atoms with Crippen LogP contribution in [0.5, 0.6) is 0 Å². The van der Waals surface area contributed by atoms with Crippen molar-refractivity contribution in [1.82, 2.24) is 0 Å². The summed E-state index contributed by atoms with van der Waals surface area (Å²) in [7, 11) is -0.864. The smallest absolute Gasteiger partial charge is 0.0510 e. The molecule has 1 nitrogen and oxygen atoms in total. The van der Waals surface area contributed by atoms with Crippen LogP contribution >= 0.6 is 10.0 Å². The maximum atomic E-state index is 3.52. The van der Waals surface area contributed by atoms with Gasteiger partial charge < -0.3 is 5.32 Å². The van der Waals surface area contributed by atoms with Crippen LogP contribution in [0.25, 0.3) is 0 Å². The molecule has 0 saturated carbocycles. The van der Waals surface area contributed by atoms with Crippen LogP contribution in [0.3, 0.4) is 0 Å². The largest absolute Gasteiger partial charge is 0.354 e. The second kappa shape index (κ2) is 3.29. The Kier molecular flexibility index (Phi) is 2.01. The summed E-state index contributed by atoms with van der Waals surface area (Å²) in [6.07, 6.45) is 4.73. The van der Waals surface area contributed by atoms with E-state index in [2.05, 4.69) is 66.4 Å². The summed E-state index contributed by atoms with van der Waals surface area (Å²) in [5.74, 6) is 0. The minimum absolute atomic E-state index is 0.864. The van der Waals surface area contributed by atoms with Crippen LogP contribution in [0.4, 0.5) is 11.4 Å². The predicted octanol–water partition coefficient (Wildman–Crippen LogP) is 4.23. The van der Waals surface area contributed by atoms with Crippen molar-refractivity contribution in [3.05, 3.63) is 48.5 Å². The van der Waals surface area contributed by atoms with Crippen LogP contribution in [0.1, 0.15) is 0 Å². The van der Waals surface area contributed by atoms with E-state index in [-0.39, 0.29) is 0 Å².